The van der Waals surface area contributed by atoms with Gasteiger partial charge >= 0.3 is 5.97 Å². The first-order valence-electron chi connectivity index (χ1n) is 9.46. The molecule has 0 saturated carbocycles. The Bertz CT molecular complexity index is 404. The van der Waals surface area contributed by atoms with Crippen LogP contribution in [0.2, 0.25) is 0 Å². The number of carboxylic acids is 1. The van der Waals surface area contributed by atoms with Crippen molar-refractivity contribution in [3.63, 3.8) is 0 Å². The topological polar surface area (TPSA) is 66.4 Å². The number of allylic oxidation sites excluding steroid dienone is 2. The van der Waals surface area contributed by atoms with E-state index in [1.807, 2.05) is 6.92 Å². The molecule has 0 aliphatic heterocycles. The van der Waals surface area contributed by atoms with E-state index in [9.17, 15) is 9.59 Å². The van der Waals surface area contributed by atoms with Crippen LogP contribution >= 0.6 is 0 Å². The minimum atomic E-state index is -0.914. The molecule has 0 rings (SSSR count). The lowest BCUT2D eigenvalue weighted by atomic mass is 9.90. The van der Waals surface area contributed by atoms with Crippen LogP contribution in [-0.2, 0) is 9.59 Å². The van der Waals surface area contributed by atoms with Crippen molar-refractivity contribution in [3.8, 4) is 0 Å². The highest BCUT2D eigenvalue weighted by Gasteiger charge is 2.22. The van der Waals surface area contributed by atoms with Gasteiger partial charge in [0, 0.05) is 6.54 Å². The van der Waals surface area contributed by atoms with Crippen molar-refractivity contribution in [2.24, 2.45) is 17.8 Å². The fourth-order valence-electron chi connectivity index (χ4n) is 3.26. The van der Waals surface area contributed by atoms with Gasteiger partial charge in [0.1, 0.15) is 0 Å². The zero-order valence-corrected chi connectivity index (χ0v) is 16.2. The summed E-state index contributed by atoms with van der Waals surface area (Å²) in [4.78, 5) is 23.3. The van der Waals surface area contributed by atoms with Crippen LogP contribution in [-0.4, -0.2) is 23.5 Å². The minimum Gasteiger partial charge on any atom is -0.481 e. The van der Waals surface area contributed by atoms with Gasteiger partial charge in [0.2, 0.25) is 5.91 Å². The Morgan fingerprint density at radius 2 is 1.79 bits per heavy atom. The number of aliphatic carboxylic acids is 1. The van der Waals surface area contributed by atoms with E-state index < -0.39 is 11.9 Å². The number of carbonyl (C=O) groups is 2. The van der Waals surface area contributed by atoms with E-state index in [0.717, 1.165) is 24.8 Å². The maximum absolute atomic E-state index is 12.2. The molecule has 0 fully saturated rings. The molecule has 0 aromatic heterocycles. The molecule has 3 unspecified atom stereocenters. The lowest BCUT2D eigenvalue weighted by Crippen LogP contribution is -2.33. The molecule has 3 atom stereocenters. The molecule has 0 aromatic rings. The van der Waals surface area contributed by atoms with Gasteiger partial charge in [0.15, 0.2) is 0 Å². The molecule has 0 aliphatic carbocycles. The second kappa shape index (κ2) is 13.0. The third kappa shape index (κ3) is 11.3. The maximum atomic E-state index is 12.2. The molecule has 4 heteroatoms. The van der Waals surface area contributed by atoms with Gasteiger partial charge in [-0.3, -0.25) is 9.59 Å². The maximum Gasteiger partial charge on any atom is 0.304 e. The number of hydrogen-bond acceptors (Lipinski definition) is 2. The number of hydrogen-bond donors (Lipinski definition) is 2. The lowest BCUT2D eigenvalue weighted by molar-refractivity contribution is -0.141. The molecule has 24 heavy (non-hydrogen) atoms. The van der Waals surface area contributed by atoms with Crippen LogP contribution in [0.3, 0.4) is 0 Å². The summed E-state index contributed by atoms with van der Waals surface area (Å²) in [5, 5.41) is 11.9. The lowest BCUT2D eigenvalue weighted by Gasteiger charge is -2.18. The molecule has 2 N–H and O–H groups in total. The van der Waals surface area contributed by atoms with Crippen LogP contribution in [0, 0.1) is 17.8 Å². The Labute approximate surface area is 148 Å². The first kappa shape index (κ1) is 22.7. The number of amides is 1. The average Bonchev–Trinajstić information content (AvgIpc) is 2.45. The number of carbonyl (C=O) groups excluding carboxylic acids is 1. The summed E-state index contributed by atoms with van der Waals surface area (Å²) in [6.07, 6.45) is 8.13. The molecule has 0 heterocycles. The number of nitrogens with one attached hydrogen (secondary N) is 1. The van der Waals surface area contributed by atoms with Gasteiger partial charge in [-0.15, -0.1) is 0 Å². The highest BCUT2D eigenvalue weighted by Crippen LogP contribution is 2.22. The highest BCUT2D eigenvalue weighted by molar-refractivity contribution is 5.83. The first-order chi connectivity index (χ1) is 11.3. The fourth-order valence-corrected chi connectivity index (χ4v) is 3.26. The van der Waals surface area contributed by atoms with Crippen molar-refractivity contribution in [1.82, 2.24) is 5.32 Å². The van der Waals surface area contributed by atoms with Gasteiger partial charge in [-0.05, 0) is 38.0 Å². The van der Waals surface area contributed by atoms with E-state index in [4.69, 9.17) is 5.11 Å². The molecular weight excluding hydrogens is 302 g/mol. The summed E-state index contributed by atoms with van der Waals surface area (Å²) in [6, 6.07) is 0. The summed E-state index contributed by atoms with van der Waals surface area (Å²) in [7, 11) is 0. The molecule has 0 aliphatic rings. The SMILES string of the molecule is CCCCNC(=O)C(CC(=O)O)C/C(C)=C/C(C)CC(C)CCC. The Morgan fingerprint density at radius 3 is 2.33 bits per heavy atom. The molecule has 140 valence electrons. The Morgan fingerprint density at radius 1 is 1.12 bits per heavy atom. The third-order valence-electron chi connectivity index (χ3n) is 4.31. The van der Waals surface area contributed by atoms with E-state index in [1.54, 1.807) is 0 Å². The molecule has 1 amide bonds. The van der Waals surface area contributed by atoms with Crippen LogP contribution in [0.1, 0.15) is 79.6 Å². The Kier molecular flexibility index (Phi) is 12.3. The van der Waals surface area contributed by atoms with Gasteiger partial charge in [-0.2, -0.15) is 0 Å². The molecular formula is C20H37NO3. The van der Waals surface area contributed by atoms with Gasteiger partial charge in [-0.25, -0.2) is 0 Å². The van der Waals surface area contributed by atoms with E-state index in [0.29, 0.717) is 24.8 Å². The Balaban J connectivity index is 4.66. The monoisotopic (exact) mass is 339 g/mol. The Hall–Kier alpha value is -1.32. The zero-order valence-electron chi connectivity index (χ0n) is 16.2. The standard InChI is InChI=1S/C20H37NO3/c1-6-8-10-21-20(24)18(14-19(22)23)13-17(5)12-16(4)11-15(3)9-7-2/h12,15-16,18H,6-11,13-14H2,1-5H3,(H,21,24)(H,22,23)/b17-12+. The molecule has 0 saturated heterocycles. The molecule has 4 nitrogen and oxygen atoms in total. The van der Waals surface area contributed by atoms with Crippen molar-refractivity contribution in [3.05, 3.63) is 11.6 Å². The van der Waals surface area contributed by atoms with Gasteiger partial charge in [0.25, 0.3) is 0 Å². The van der Waals surface area contributed by atoms with Gasteiger partial charge in [0.05, 0.1) is 12.3 Å². The summed E-state index contributed by atoms with van der Waals surface area (Å²) >= 11 is 0. The summed E-state index contributed by atoms with van der Waals surface area (Å²) in [6.45, 7) is 11.4. The smallest absolute Gasteiger partial charge is 0.304 e. The third-order valence-corrected chi connectivity index (χ3v) is 4.31. The quantitative estimate of drug-likeness (QED) is 0.374. The summed E-state index contributed by atoms with van der Waals surface area (Å²) in [5.41, 5.74) is 1.11. The predicted octanol–water partition coefficient (Wildman–Crippen LogP) is 4.79. The zero-order chi connectivity index (χ0) is 18.5. The van der Waals surface area contributed by atoms with E-state index in [1.165, 1.54) is 12.8 Å². The van der Waals surface area contributed by atoms with Crippen molar-refractivity contribution < 1.29 is 14.7 Å². The van der Waals surface area contributed by atoms with Crippen LogP contribution in [0.4, 0.5) is 0 Å². The van der Waals surface area contributed by atoms with Gasteiger partial charge in [-0.1, -0.05) is 58.6 Å². The van der Waals surface area contributed by atoms with Crippen molar-refractivity contribution in [1.29, 1.82) is 0 Å². The van der Waals surface area contributed by atoms with Crippen LogP contribution in [0.5, 0.6) is 0 Å². The van der Waals surface area contributed by atoms with Crippen molar-refractivity contribution in [2.45, 2.75) is 79.6 Å². The normalized spacial score (nSPS) is 15.6. The second-order valence-corrected chi connectivity index (χ2v) is 7.26. The average molecular weight is 340 g/mol. The summed E-state index contributed by atoms with van der Waals surface area (Å²) < 4.78 is 0. The number of rotatable bonds is 13. The van der Waals surface area contributed by atoms with E-state index in [2.05, 4.69) is 39.1 Å². The minimum absolute atomic E-state index is 0.107. The second-order valence-electron chi connectivity index (χ2n) is 7.26. The van der Waals surface area contributed by atoms with Crippen molar-refractivity contribution in [2.75, 3.05) is 6.54 Å². The molecule has 0 spiro atoms. The number of unbranched alkanes of at least 4 members (excludes halogenated alkanes) is 1. The largest absolute Gasteiger partial charge is 0.481 e. The first-order valence-corrected chi connectivity index (χ1v) is 9.46. The number of carboxylic acid groups (broad SMARTS) is 1. The van der Waals surface area contributed by atoms with Crippen LogP contribution in [0.15, 0.2) is 11.6 Å². The van der Waals surface area contributed by atoms with E-state index >= 15 is 0 Å². The summed E-state index contributed by atoms with van der Waals surface area (Å²) in [5.74, 6) is -0.370. The van der Waals surface area contributed by atoms with E-state index in [-0.39, 0.29) is 12.3 Å². The van der Waals surface area contributed by atoms with Crippen LogP contribution < -0.4 is 5.32 Å². The van der Waals surface area contributed by atoms with Crippen molar-refractivity contribution >= 4 is 11.9 Å². The molecule has 0 bridgehead atoms. The van der Waals surface area contributed by atoms with Crippen LogP contribution in [0.25, 0.3) is 0 Å². The fraction of sp³-hybridized carbons (Fsp3) is 0.800. The predicted molar refractivity (Wildman–Crippen MR) is 99.9 cm³/mol. The molecule has 0 radical (unpaired) electrons. The highest BCUT2D eigenvalue weighted by atomic mass is 16.4. The van der Waals surface area contributed by atoms with Gasteiger partial charge < -0.3 is 10.4 Å². The molecule has 0 aromatic carbocycles.